The molecule has 1 amide bonds. The first-order valence-electron chi connectivity index (χ1n) is 6.78. The largest absolute Gasteiger partial charge is 0.377 e. The highest BCUT2D eigenvalue weighted by Gasteiger charge is 2.18. The van der Waals surface area contributed by atoms with Crippen LogP contribution < -0.4 is 10.6 Å². The Kier molecular flexibility index (Phi) is 6.52. The summed E-state index contributed by atoms with van der Waals surface area (Å²) in [6.07, 6.45) is 4.75. The van der Waals surface area contributed by atoms with Gasteiger partial charge in [0.25, 0.3) is 0 Å². The van der Waals surface area contributed by atoms with E-state index in [0.717, 1.165) is 26.0 Å². The summed E-state index contributed by atoms with van der Waals surface area (Å²) < 4.78 is 5.62. The molecule has 3 unspecified atom stereocenters. The third kappa shape index (κ3) is 5.50. The molecule has 1 rings (SSSR count). The van der Waals surface area contributed by atoms with E-state index in [1.54, 1.807) is 0 Å². The first-order valence-corrected chi connectivity index (χ1v) is 6.78. The third-order valence-corrected chi connectivity index (χ3v) is 3.32. The van der Waals surface area contributed by atoms with Crippen molar-refractivity contribution in [2.24, 2.45) is 0 Å². The van der Waals surface area contributed by atoms with E-state index < -0.39 is 0 Å². The van der Waals surface area contributed by atoms with E-state index in [1.807, 2.05) is 13.8 Å². The molecule has 0 saturated carbocycles. The number of hydrogen-bond donors (Lipinski definition) is 2. The zero-order chi connectivity index (χ0) is 12.7. The van der Waals surface area contributed by atoms with Gasteiger partial charge in [-0.2, -0.15) is 0 Å². The molecule has 17 heavy (non-hydrogen) atoms. The maximum atomic E-state index is 11.8. The van der Waals surface area contributed by atoms with E-state index in [2.05, 4.69) is 17.6 Å². The molecule has 1 heterocycles. The first-order chi connectivity index (χ1) is 8.13. The van der Waals surface area contributed by atoms with Crippen molar-refractivity contribution in [1.29, 1.82) is 0 Å². The quantitative estimate of drug-likeness (QED) is 0.741. The van der Waals surface area contributed by atoms with Crippen LogP contribution >= 0.6 is 0 Å². The zero-order valence-electron chi connectivity index (χ0n) is 11.3. The summed E-state index contributed by atoms with van der Waals surface area (Å²) in [4.78, 5) is 11.8. The minimum atomic E-state index is -0.144. The molecular formula is C13H26N2O2. The molecule has 0 aromatic carbocycles. The molecule has 0 radical (unpaired) electrons. The van der Waals surface area contributed by atoms with Crippen LogP contribution in [-0.2, 0) is 9.53 Å². The fourth-order valence-electron chi connectivity index (χ4n) is 1.84. The van der Waals surface area contributed by atoms with E-state index in [1.165, 1.54) is 12.8 Å². The van der Waals surface area contributed by atoms with Gasteiger partial charge in [0.1, 0.15) is 0 Å². The van der Waals surface area contributed by atoms with Gasteiger partial charge in [0.05, 0.1) is 12.1 Å². The van der Waals surface area contributed by atoms with Gasteiger partial charge in [-0.15, -0.1) is 0 Å². The Bertz CT molecular complexity index is 227. The Labute approximate surface area is 104 Å². The van der Waals surface area contributed by atoms with Gasteiger partial charge in [-0.1, -0.05) is 6.92 Å². The normalized spacial score (nSPS) is 24.1. The van der Waals surface area contributed by atoms with Gasteiger partial charge in [0.2, 0.25) is 5.91 Å². The Hall–Kier alpha value is -0.610. The molecule has 0 aliphatic carbocycles. The average molecular weight is 242 g/mol. The van der Waals surface area contributed by atoms with Gasteiger partial charge >= 0.3 is 0 Å². The van der Waals surface area contributed by atoms with E-state index in [0.29, 0.717) is 0 Å². The molecule has 4 nitrogen and oxygen atoms in total. The smallest absolute Gasteiger partial charge is 0.237 e. The molecule has 1 aliphatic heterocycles. The van der Waals surface area contributed by atoms with Crippen LogP contribution in [0.25, 0.3) is 0 Å². The van der Waals surface area contributed by atoms with Crippen LogP contribution in [0.4, 0.5) is 0 Å². The summed E-state index contributed by atoms with van der Waals surface area (Å²) >= 11 is 0. The SMILES string of the molecule is CCC(C)NC(=O)C(C)NCC1CCCCO1. The lowest BCUT2D eigenvalue weighted by molar-refractivity contribution is -0.123. The monoisotopic (exact) mass is 242 g/mol. The van der Waals surface area contributed by atoms with Crippen LogP contribution in [0.15, 0.2) is 0 Å². The minimum Gasteiger partial charge on any atom is -0.377 e. The molecule has 2 N–H and O–H groups in total. The number of carbonyl (C=O) groups is 1. The average Bonchev–Trinajstić information content (AvgIpc) is 2.36. The molecule has 1 fully saturated rings. The highest BCUT2D eigenvalue weighted by atomic mass is 16.5. The second-order valence-electron chi connectivity index (χ2n) is 4.94. The highest BCUT2D eigenvalue weighted by Crippen LogP contribution is 2.11. The predicted molar refractivity (Wildman–Crippen MR) is 69.0 cm³/mol. The molecule has 3 atom stereocenters. The summed E-state index contributed by atoms with van der Waals surface area (Å²) in [5.41, 5.74) is 0. The second-order valence-corrected chi connectivity index (χ2v) is 4.94. The third-order valence-electron chi connectivity index (χ3n) is 3.32. The number of hydrogen-bond acceptors (Lipinski definition) is 3. The lowest BCUT2D eigenvalue weighted by atomic mass is 10.1. The second kappa shape index (κ2) is 7.67. The summed E-state index contributed by atoms with van der Waals surface area (Å²) in [5, 5.41) is 6.22. The van der Waals surface area contributed by atoms with Crippen molar-refractivity contribution >= 4 is 5.91 Å². The van der Waals surface area contributed by atoms with E-state index >= 15 is 0 Å². The maximum absolute atomic E-state index is 11.8. The number of amides is 1. The lowest BCUT2D eigenvalue weighted by Crippen LogP contribution is -2.47. The van der Waals surface area contributed by atoms with Gasteiger partial charge in [-0.05, 0) is 39.5 Å². The highest BCUT2D eigenvalue weighted by molar-refractivity contribution is 5.81. The molecule has 0 aromatic rings. The van der Waals surface area contributed by atoms with Crippen molar-refractivity contribution in [3.63, 3.8) is 0 Å². The van der Waals surface area contributed by atoms with Gasteiger partial charge < -0.3 is 15.4 Å². The van der Waals surface area contributed by atoms with Crippen LogP contribution in [0.1, 0.15) is 46.5 Å². The number of nitrogens with one attached hydrogen (secondary N) is 2. The molecule has 0 bridgehead atoms. The van der Waals surface area contributed by atoms with Gasteiger partial charge in [-0.25, -0.2) is 0 Å². The van der Waals surface area contributed by atoms with E-state index in [4.69, 9.17) is 4.74 Å². The standard InChI is InChI=1S/C13H26N2O2/c1-4-10(2)15-13(16)11(3)14-9-12-7-5-6-8-17-12/h10-12,14H,4-9H2,1-3H3,(H,15,16). The Morgan fingerprint density at radius 1 is 1.41 bits per heavy atom. The van der Waals surface area contributed by atoms with Crippen LogP contribution in [0.2, 0.25) is 0 Å². The summed E-state index contributed by atoms with van der Waals surface area (Å²) in [6.45, 7) is 7.63. The lowest BCUT2D eigenvalue weighted by Gasteiger charge is -2.25. The number of carbonyl (C=O) groups excluding carboxylic acids is 1. The summed E-state index contributed by atoms with van der Waals surface area (Å²) in [5.74, 6) is 0.0789. The van der Waals surface area contributed by atoms with Crippen LogP contribution in [0.5, 0.6) is 0 Å². The van der Waals surface area contributed by atoms with Crippen LogP contribution in [-0.4, -0.2) is 37.2 Å². The summed E-state index contributed by atoms with van der Waals surface area (Å²) in [6, 6.07) is 0.104. The van der Waals surface area contributed by atoms with Crippen LogP contribution in [0.3, 0.4) is 0 Å². The number of ether oxygens (including phenoxy) is 1. The zero-order valence-corrected chi connectivity index (χ0v) is 11.3. The Balaban J connectivity index is 2.18. The van der Waals surface area contributed by atoms with Crippen molar-refractivity contribution < 1.29 is 9.53 Å². The molecule has 0 spiro atoms. The van der Waals surface area contributed by atoms with Crippen molar-refractivity contribution in [1.82, 2.24) is 10.6 Å². The molecule has 4 heteroatoms. The predicted octanol–water partition coefficient (Wildman–Crippen LogP) is 1.45. The summed E-state index contributed by atoms with van der Waals surface area (Å²) in [7, 11) is 0. The van der Waals surface area contributed by atoms with E-state index in [9.17, 15) is 4.79 Å². The fraction of sp³-hybridized carbons (Fsp3) is 0.923. The molecule has 0 aromatic heterocycles. The van der Waals surface area contributed by atoms with Crippen molar-refractivity contribution in [3.8, 4) is 0 Å². The Morgan fingerprint density at radius 2 is 2.18 bits per heavy atom. The van der Waals surface area contributed by atoms with Crippen molar-refractivity contribution in [2.45, 2.75) is 64.6 Å². The first kappa shape index (κ1) is 14.5. The molecule has 1 aliphatic rings. The molecular weight excluding hydrogens is 216 g/mol. The minimum absolute atomic E-state index is 0.0789. The number of rotatable bonds is 6. The van der Waals surface area contributed by atoms with Crippen molar-refractivity contribution in [2.75, 3.05) is 13.2 Å². The maximum Gasteiger partial charge on any atom is 0.237 e. The molecule has 1 saturated heterocycles. The topological polar surface area (TPSA) is 50.4 Å². The van der Waals surface area contributed by atoms with Crippen molar-refractivity contribution in [3.05, 3.63) is 0 Å². The van der Waals surface area contributed by atoms with Gasteiger partial charge in [-0.3, -0.25) is 4.79 Å². The Morgan fingerprint density at radius 3 is 2.76 bits per heavy atom. The van der Waals surface area contributed by atoms with E-state index in [-0.39, 0.29) is 24.1 Å². The fourth-order valence-corrected chi connectivity index (χ4v) is 1.84. The molecule has 100 valence electrons. The van der Waals surface area contributed by atoms with Gasteiger partial charge in [0.15, 0.2) is 0 Å². The van der Waals surface area contributed by atoms with Crippen LogP contribution in [0, 0.1) is 0 Å². The van der Waals surface area contributed by atoms with Gasteiger partial charge in [0, 0.05) is 19.2 Å².